The molecule has 0 atom stereocenters. The van der Waals surface area contributed by atoms with Crippen molar-refractivity contribution in [2.75, 3.05) is 26.2 Å². The van der Waals surface area contributed by atoms with Gasteiger partial charge in [0, 0.05) is 43.0 Å². The molecule has 0 radical (unpaired) electrons. The zero-order valence-electron chi connectivity index (χ0n) is 19.1. The molecule has 0 bridgehead atoms. The highest BCUT2D eigenvalue weighted by molar-refractivity contribution is 6.09. The fraction of sp³-hybridized carbons (Fsp3) is 0.375. The van der Waals surface area contributed by atoms with Crippen molar-refractivity contribution in [2.24, 2.45) is 9.98 Å². The summed E-state index contributed by atoms with van der Waals surface area (Å²) in [6.07, 6.45) is 2.90. The lowest BCUT2D eigenvalue weighted by Crippen LogP contribution is -2.50. The summed E-state index contributed by atoms with van der Waals surface area (Å²) in [5.74, 6) is 0.789. The summed E-state index contributed by atoms with van der Waals surface area (Å²) in [7, 11) is 0. The first-order valence-corrected chi connectivity index (χ1v) is 11.2. The van der Waals surface area contributed by atoms with Gasteiger partial charge in [0.15, 0.2) is 11.6 Å². The van der Waals surface area contributed by atoms with Crippen LogP contribution in [0.15, 0.2) is 65.1 Å². The molecular formula is C24H26FN7O2. The lowest BCUT2D eigenvalue weighted by Gasteiger charge is -2.34. The number of amidine groups is 2. The second-order valence-corrected chi connectivity index (χ2v) is 8.90. The number of piperazine rings is 1. The summed E-state index contributed by atoms with van der Waals surface area (Å²) in [5.41, 5.74) is 1.59. The minimum absolute atomic E-state index is 0.0359. The van der Waals surface area contributed by atoms with Crippen molar-refractivity contribution in [3.05, 3.63) is 60.6 Å². The predicted molar refractivity (Wildman–Crippen MR) is 126 cm³/mol. The van der Waals surface area contributed by atoms with E-state index in [2.05, 4.69) is 33.5 Å². The number of benzene rings is 1. The highest BCUT2D eigenvalue weighted by Crippen LogP contribution is 2.41. The Labute approximate surface area is 196 Å². The zero-order valence-corrected chi connectivity index (χ0v) is 19.1. The summed E-state index contributed by atoms with van der Waals surface area (Å²) >= 11 is 0. The van der Waals surface area contributed by atoms with Crippen LogP contribution in [0.5, 0.6) is 0 Å². The number of aliphatic imine (C=N–C) groups is 2. The fourth-order valence-electron chi connectivity index (χ4n) is 3.89. The Kier molecular flexibility index (Phi) is 5.51. The number of carbonyl (C=O) groups is 1. The van der Waals surface area contributed by atoms with Gasteiger partial charge in [-0.2, -0.15) is 4.99 Å². The zero-order chi connectivity index (χ0) is 23.9. The Morgan fingerprint density at radius 1 is 1.21 bits per heavy atom. The summed E-state index contributed by atoms with van der Waals surface area (Å²) in [6.45, 7) is 11.9. The van der Waals surface area contributed by atoms with Gasteiger partial charge in [0.1, 0.15) is 11.4 Å². The molecule has 2 aliphatic heterocycles. The van der Waals surface area contributed by atoms with Gasteiger partial charge in [0.2, 0.25) is 0 Å². The molecular weight excluding hydrogens is 437 g/mol. The van der Waals surface area contributed by atoms with Crippen molar-refractivity contribution in [1.29, 1.82) is 0 Å². The molecule has 1 amide bonds. The van der Waals surface area contributed by atoms with Crippen LogP contribution in [0.1, 0.15) is 30.1 Å². The lowest BCUT2D eigenvalue weighted by atomic mass is 10.1. The molecule has 10 heteroatoms. The average Bonchev–Trinajstić information content (AvgIpc) is 3.19. The van der Waals surface area contributed by atoms with E-state index in [-0.39, 0.29) is 12.5 Å². The van der Waals surface area contributed by atoms with Gasteiger partial charge in [-0.05, 0) is 31.9 Å². The smallest absolute Gasteiger partial charge is 0.300 e. The first-order valence-electron chi connectivity index (χ1n) is 11.2. The van der Waals surface area contributed by atoms with Crippen molar-refractivity contribution in [3.8, 4) is 11.3 Å². The molecule has 34 heavy (non-hydrogen) atoms. The van der Waals surface area contributed by atoms with E-state index < -0.39 is 5.67 Å². The van der Waals surface area contributed by atoms with E-state index in [0.717, 1.165) is 5.56 Å². The van der Waals surface area contributed by atoms with Gasteiger partial charge >= 0.3 is 0 Å². The first-order chi connectivity index (χ1) is 16.3. The first kappa shape index (κ1) is 22.0. The van der Waals surface area contributed by atoms with Crippen LogP contribution in [-0.4, -0.2) is 74.4 Å². The van der Waals surface area contributed by atoms with Crippen LogP contribution >= 0.6 is 0 Å². The Balaban J connectivity index is 1.18. The number of carbonyl (C=O) groups excluding carboxylic acids is 1. The van der Waals surface area contributed by atoms with Crippen molar-refractivity contribution in [1.82, 2.24) is 24.8 Å². The Morgan fingerprint density at radius 3 is 2.56 bits per heavy atom. The Bertz CT molecular complexity index is 1200. The number of ether oxygens (including phenoxy) is 1. The number of rotatable bonds is 5. The van der Waals surface area contributed by atoms with Gasteiger partial charge in [0.05, 0.1) is 12.7 Å². The van der Waals surface area contributed by atoms with Gasteiger partial charge in [-0.25, -0.2) is 14.1 Å². The van der Waals surface area contributed by atoms with Crippen LogP contribution in [-0.2, 0) is 11.3 Å². The Morgan fingerprint density at radius 2 is 1.91 bits per heavy atom. The minimum atomic E-state index is -1.13. The highest BCUT2D eigenvalue weighted by Gasteiger charge is 2.43. The van der Waals surface area contributed by atoms with E-state index in [9.17, 15) is 9.18 Å². The van der Waals surface area contributed by atoms with Gasteiger partial charge in [-0.3, -0.25) is 4.79 Å². The second kappa shape index (κ2) is 8.51. The molecule has 0 N–H and O–H groups in total. The monoisotopic (exact) mass is 463 g/mol. The number of allylic oxidation sites excluding steroid dienone is 1. The maximum absolute atomic E-state index is 13.9. The molecule has 0 spiro atoms. The number of hydrogen-bond acceptors (Lipinski definition) is 6. The van der Waals surface area contributed by atoms with E-state index in [0.29, 0.717) is 73.6 Å². The third-order valence-corrected chi connectivity index (χ3v) is 6.00. The van der Waals surface area contributed by atoms with Crippen molar-refractivity contribution < 1.29 is 13.9 Å². The molecule has 3 aliphatic rings. The standard InChI is InChI=1S/C24H26FN7O2/c1-16(2)26-21-17(3)34-23(27-21)31-12-10-30(11-13-31)22(33)19-6-4-18(5-7-19)20-14-32(29-28-20)15-24(25)8-9-24/h4-7,14H,1,3,8-13,15H2,2H3. The number of alkyl halides is 1. The van der Waals surface area contributed by atoms with Crippen LogP contribution < -0.4 is 0 Å². The van der Waals surface area contributed by atoms with Gasteiger partial charge in [-0.1, -0.05) is 30.5 Å². The number of amides is 1. The molecule has 1 aromatic heterocycles. The number of aromatic nitrogens is 3. The summed E-state index contributed by atoms with van der Waals surface area (Å²) in [5, 5.41) is 8.16. The second-order valence-electron chi connectivity index (χ2n) is 8.90. The van der Waals surface area contributed by atoms with Crippen molar-refractivity contribution in [3.63, 3.8) is 0 Å². The van der Waals surface area contributed by atoms with E-state index in [4.69, 9.17) is 4.74 Å². The summed E-state index contributed by atoms with van der Waals surface area (Å²) in [6, 6.07) is 7.71. The fourth-order valence-corrected chi connectivity index (χ4v) is 3.89. The number of hydrogen-bond donors (Lipinski definition) is 0. The molecule has 3 heterocycles. The molecule has 1 aliphatic carbocycles. The van der Waals surface area contributed by atoms with Crippen molar-refractivity contribution in [2.45, 2.75) is 32.0 Å². The highest BCUT2D eigenvalue weighted by atomic mass is 19.1. The predicted octanol–water partition coefficient (Wildman–Crippen LogP) is 3.04. The normalized spacial score (nSPS) is 20.4. The van der Waals surface area contributed by atoms with Crippen LogP contribution in [0.3, 0.4) is 0 Å². The summed E-state index contributed by atoms with van der Waals surface area (Å²) in [4.78, 5) is 25.4. The molecule has 1 saturated heterocycles. The van der Waals surface area contributed by atoms with Crippen LogP contribution in [0.2, 0.25) is 0 Å². The lowest BCUT2D eigenvalue weighted by molar-refractivity contribution is 0.0679. The molecule has 1 aromatic carbocycles. The average molecular weight is 464 g/mol. The topological polar surface area (TPSA) is 88.2 Å². The molecule has 1 saturated carbocycles. The molecule has 2 fully saturated rings. The van der Waals surface area contributed by atoms with Gasteiger partial charge in [-0.15, -0.1) is 5.10 Å². The van der Waals surface area contributed by atoms with E-state index in [1.54, 1.807) is 29.9 Å². The van der Waals surface area contributed by atoms with E-state index >= 15 is 0 Å². The SMILES string of the molecule is C=C(C)N=C1N=C(N2CCN(C(=O)c3ccc(-c4cn(CC5(F)CC5)nn4)cc3)CC2)OC1=C. The third-order valence-electron chi connectivity index (χ3n) is 6.00. The number of halogens is 1. The molecule has 176 valence electrons. The van der Waals surface area contributed by atoms with E-state index in [1.807, 2.05) is 21.9 Å². The summed E-state index contributed by atoms with van der Waals surface area (Å²) < 4.78 is 21.1. The van der Waals surface area contributed by atoms with E-state index in [1.165, 1.54) is 0 Å². The third kappa shape index (κ3) is 4.61. The van der Waals surface area contributed by atoms with Crippen LogP contribution in [0.25, 0.3) is 11.3 Å². The van der Waals surface area contributed by atoms with Crippen LogP contribution in [0.4, 0.5) is 4.39 Å². The maximum atomic E-state index is 13.9. The quantitative estimate of drug-likeness (QED) is 0.680. The van der Waals surface area contributed by atoms with Gasteiger partial charge < -0.3 is 14.5 Å². The van der Waals surface area contributed by atoms with Crippen molar-refractivity contribution >= 4 is 17.8 Å². The minimum Gasteiger partial charge on any atom is -0.422 e. The number of nitrogens with zero attached hydrogens (tertiary/aromatic N) is 7. The molecule has 9 nitrogen and oxygen atoms in total. The Hall–Kier alpha value is -3.82. The molecule has 0 unspecified atom stereocenters. The van der Waals surface area contributed by atoms with Gasteiger partial charge in [0.25, 0.3) is 11.9 Å². The largest absolute Gasteiger partial charge is 0.422 e. The maximum Gasteiger partial charge on any atom is 0.300 e. The van der Waals surface area contributed by atoms with Crippen LogP contribution in [0, 0.1) is 0 Å². The molecule has 2 aromatic rings. The molecule has 5 rings (SSSR count).